The molecule has 0 aliphatic rings. The number of benzene rings is 1. The van der Waals surface area contributed by atoms with E-state index in [1.807, 2.05) is 13.0 Å². The minimum Gasteiger partial charge on any atom is -0.491 e. The molecule has 1 aromatic rings. The van der Waals surface area contributed by atoms with Gasteiger partial charge in [0, 0.05) is 25.9 Å². The number of ether oxygens (including phenoxy) is 3. The Bertz CT molecular complexity index is 435. The minimum absolute atomic E-state index is 0.0608. The lowest BCUT2D eigenvalue weighted by atomic mass is 10.1. The number of oxime groups is 1. The van der Waals surface area contributed by atoms with Crippen molar-refractivity contribution in [3.05, 3.63) is 29.3 Å². The fourth-order valence-corrected chi connectivity index (χ4v) is 1.59. The summed E-state index contributed by atoms with van der Waals surface area (Å²) in [6.45, 7) is 4.25. The zero-order valence-electron chi connectivity index (χ0n) is 12.0. The van der Waals surface area contributed by atoms with E-state index in [0.29, 0.717) is 37.7 Å². The van der Waals surface area contributed by atoms with Gasteiger partial charge in [-0.15, -0.1) is 0 Å². The summed E-state index contributed by atoms with van der Waals surface area (Å²) >= 11 is 0. The molecule has 0 atom stereocenters. The SMILES string of the molecule is COCCCOCCOc1cc(/C(N)=N/O)ccc1C. The Morgan fingerprint density at radius 3 is 2.75 bits per heavy atom. The van der Waals surface area contributed by atoms with Crippen LogP contribution in [0.3, 0.4) is 0 Å². The van der Waals surface area contributed by atoms with Crippen LogP contribution in [0.25, 0.3) is 0 Å². The van der Waals surface area contributed by atoms with Crippen LogP contribution >= 0.6 is 0 Å². The summed E-state index contributed by atoms with van der Waals surface area (Å²) in [5.41, 5.74) is 7.15. The largest absolute Gasteiger partial charge is 0.491 e. The first-order valence-corrected chi connectivity index (χ1v) is 6.47. The molecule has 1 rings (SSSR count). The lowest BCUT2D eigenvalue weighted by Gasteiger charge is -2.11. The number of hydrogen-bond acceptors (Lipinski definition) is 5. The molecule has 20 heavy (non-hydrogen) atoms. The number of nitrogens with two attached hydrogens (primary N) is 1. The van der Waals surface area contributed by atoms with E-state index in [1.165, 1.54) is 0 Å². The first kappa shape index (κ1) is 16.3. The van der Waals surface area contributed by atoms with E-state index in [4.69, 9.17) is 25.2 Å². The smallest absolute Gasteiger partial charge is 0.170 e. The fourth-order valence-electron chi connectivity index (χ4n) is 1.59. The first-order valence-electron chi connectivity index (χ1n) is 6.47. The highest BCUT2D eigenvalue weighted by Gasteiger charge is 2.05. The van der Waals surface area contributed by atoms with E-state index >= 15 is 0 Å². The van der Waals surface area contributed by atoms with Gasteiger partial charge < -0.3 is 25.2 Å². The van der Waals surface area contributed by atoms with E-state index in [1.54, 1.807) is 19.2 Å². The predicted molar refractivity (Wildman–Crippen MR) is 76.5 cm³/mol. The number of rotatable bonds is 9. The quantitative estimate of drug-likeness (QED) is 0.236. The number of hydrogen-bond donors (Lipinski definition) is 2. The summed E-state index contributed by atoms with van der Waals surface area (Å²) in [7, 11) is 1.67. The average molecular weight is 282 g/mol. The Hall–Kier alpha value is -1.79. The van der Waals surface area contributed by atoms with Crippen molar-refractivity contribution in [2.24, 2.45) is 10.9 Å². The summed E-state index contributed by atoms with van der Waals surface area (Å²) in [5.74, 6) is 0.764. The molecule has 0 fully saturated rings. The van der Waals surface area contributed by atoms with E-state index in [2.05, 4.69) is 5.16 Å². The number of methoxy groups -OCH3 is 1. The van der Waals surface area contributed by atoms with Crippen LogP contribution in [0, 0.1) is 6.92 Å². The summed E-state index contributed by atoms with van der Waals surface area (Å²) < 4.78 is 16.0. The van der Waals surface area contributed by atoms with Gasteiger partial charge in [-0.2, -0.15) is 0 Å². The second-order valence-corrected chi connectivity index (χ2v) is 4.27. The zero-order valence-corrected chi connectivity index (χ0v) is 12.0. The molecule has 0 saturated heterocycles. The molecule has 0 bridgehead atoms. The van der Waals surface area contributed by atoms with Crippen molar-refractivity contribution in [1.29, 1.82) is 0 Å². The average Bonchev–Trinajstić information content (AvgIpc) is 2.47. The van der Waals surface area contributed by atoms with Gasteiger partial charge in [0.1, 0.15) is 12.4 Å². The van der Waals surface area contributed by atoms with Gasteiger partial charge in [0.15, 0.2) is 5.84 Å². The van der Waals surface area contributed by atoms with E-state index in [-0.39, 0.29) is 5.84 Å². The molecular formula is C14H22N2O4. The third-order valence-corrected chi connectivity index (χ3v) is 2.71. The van der Waals surface area contributed by atoms with Crippen molar-refractivity contribution in [2.45, 2.75) is 13.3 Å². The Morgan fingerprint density at radius 1 is 1.25 bits per heavy atom. The molecule has 6 heteroatoms. The Balaban J connectivity index is 2.39. The van der Waals surface area contributed by atoms with Crippen LogP contribution in [0.2, 0.25) is 0 Å². The normalized spacial score (nSPS) is 11.6. The summed E-state index contributed by atoms with van der Waals surface area (Å²) in [6.07, 6.45) is 0.870. The van der Waals surface area contributed by atoms with Crippen LogP contribution in [0.1, 0.15) is 17.5 Å². The van der Waals surface area contributed by atoms with Gasteiger partial charge in [-0.1, -0.05) is 17.3 Å². The standard InChI is InChI=1S/C14H22N2O4/c1-11-4-5-12(14(15)16-17)10-13(11)20-9-8-19-7-3-6-18-2/h4-5,10,17H,3,6-9H2,1-2H3,(H2,15,16). The highest BCUT2D eigenvalue weighted by molar-refractivity contribution is 5.97. The number of nitrogens with zero attached hydrogens (tertiary/aromatic N) is 1. The van der Waals surface area contributed by atoms with Gasteiger partial charge in [0.2, 0.25) is 0 Å². The second kappa shape index (κ2) is 9.17. The molecule has 0 aliphatic heterocycles. The van der Waals surface area contributed by atoms with E-state index in [9.17, 15) is 0 Å². The van der Waals surface area contributed by atoms with Crippen molar-refractivity contribution in [2.75, 3.05) is 33.5 Å². The van der Waals surface area contributed by atoms with Crippen molar-refractivity contribution in [1.82, 2.24) is 0 Å². The molecule has 0 aromatic heterocycles. The number of amidine groups is 1. The molecule has 0 aliphatic carbocycles. The molecule has 1 aromatic carbocycles. The monoisotopic (exact) mass is 282 g/mol. The van der Waals surface area contributed by atoms with Gasteiger partial charge in [-0.05, 0) is 25.0 Å². The van der Waals surface area contributed by atoms with Gasteiger partial charge >= 0.3 is 0 Å². The van der Waals surface area contributed by atoms with Crippen LogP contribution < -0.4 is 10.5 Å². The third kappa shape index (κ3) is 5.46. The van der Waals surface area contributed by atoms with E-state index in [0.717, 1.165) is 12.0 Å². The molecule has 0 radical (unpaired) electrons. The Kier molecular flexibility index (Phi) is 7.46. The highest BCUT2D eigenvalue weighted by Crippen LogP contribution is 2.19. The van der Waals surface area contributed by atoms with Crippen LogP contribution in [0.5, 0.6) is 5.75 Å². The zero-order chi connectivity index (χ0) is 14.8. The Morgan fingerprint density at radius 2 is 2.05 bits per heavy atom. The molecule has 0 heterocycles. The lowest BCUT2D eigenvalue weighted by molar-refractivity contribution is 0.0805. The van der Waals surface area contributed by atoms with E-state index < -0.39 is 0 Å². The van der Waals surface area contributed by atoms with Gasteiger partial charge in [-0.25, -0.2) is 0 Å². The van der Waals surface area contributed by atoms with Crippen molar-refractivity contribution >= 4 is 5.84 Å². The van der Waals surface area contributed by atoms with Gasteiger partial charge in [0.25, 0.3) is 0 Å². The summed E-state index contributed by atoms with van der Waals surface area (Å²) in [5, 5.41) is 11.6. The molecule has 0 unspecified atom stereocenters. The van der Waals surface area contributed by atoms with Crippen LogP contribution in [-0.2, 0) is 9.47 Å². The molecular weight excluding hydrogens is 260 g/mol. The van der Waals surface area contributed by atoms with Crippen LogP contribution in [-0.4, -0.2) is 44.6 Å². The molecule has 0 saturated carbocycles. The van der Waals surface area contributed by atoms with Crippen molar-refractivity contribution < 1.29 is 19.4 Å². The maximum atomic E-state index is 8.66. The van der Waals surface area contributed by atoms with Crippen molar-refractivity contribution in [3.63, 3.8) is 0 Å². The molecule has 3 N–H and O–H groups in total. The highest BCUT2D eigenvalue weighted by atomic mass is 16.5. The second-order valence-electron chi connectivity index (χ2n) is 4.27. The molecule has 6 nitrogen and oxygen atoms in total. The first-order chi connectivity index (χ1) is 9.69. The Labute approximate surface area is 119 Å². The predicted octanol–water partition coefficient (Wildman–Crippen LogP) is 1.52. The topological polar surface area (TPSA) is 86.3 Å². The molecule has 0 amide bonds. The summed E-state index contributed by atoms with van der Waals surface area (Å²) in [6, 6.07) is 5.38. The van der Waals surface area contributed by atoms with Crippen LogP contribution in [0.15, 0.2) is 23.4 Å². The minimum atomic E-state index is 0.0608. The fraction of sp³-hybridized carbons (Fsp3) is 0.500. The van der Waals surface area contributed by atoms with Gasteiger partial charge in [-0.3, -0.25) is 0 Å². The third-order valence-electron chi connectivity index (χ3n) is 2.71. The van der Waals surface area contributed by atoms with Gasteiger partial charge in [0.05, 0.1) is 6.61 Å². The molecule has 0 spiro atoms. The molecule has 112 valence electrons. The maximum Gasteiger partial charge on any atom is 0.170 e. The summed E-state index contributed by atoms with van der Waals surface area (Å²) in [4.78, 5) is 0. The van der Waals surface area contributed by atoms with Crippen molar-refractivity contribution in [3.8, 4) is 5.75 Å². The maximum absolute atomic E-state index is 8.66. The number of aryl methyl sites for hydroxylation is 1. The lowest BCUT2D eigenvalue weighted by Crippen LogP contribution is -2.14. The van der Waals surface area contributed by atoms with Crippen LogP contribution in [0.4, 0.5) is 0 Å².